The van der Waals surface area contributed by atoms with E-state index in [-0.39, 0.29) is 5.92 Å². The first-order valence-corrected chi connectivity index (χ1v) is 9.20. The van der Waals surface area contributed by atoms with Crippen molar-refractivity contribution in [3.05, 3.63) is 28.0 Å². The molecule has 1 aliphatic carbocycles. The summed E-state index contributed by atoms with van der Waals surface area (Å²) in [7, 11) is 0. The molecule has 0 N–H and O–H groups in total. The average molecular weight is 356 g/mol. The Hall–Kier alpha value is -0.840. The summed E-state index contributed by atoms with van der Waals surface area (Å²) in [6.07, 6.45) is 5.86. The highest BCUT2D eigenvalue weighted by atomic mass is 35.5. The highest BCUT2D eigenvalue weighted by Gasteiger charge is 2.28. The number of nitrogens with zero attached hydrogens (tertiary/aromatic N) is 3. The van der Waals surface area contributed by atoms with Crippen LogP contribution in [0, 0.1) is 5.92 Å². The van der Waals surface area contributed by atoms with Gasteiger partial charge in [0.2, 0.25) is 5.91 Å². The summed E-state index contributed by atoms with van der Waals surface area (Å²) in [5.41, 5.74) is 1.07. The smallest absolute Gasteiger partial charge is 0.225 e. The van der Waals surface area contributed by atoms with Crippen molar-refractivity contribution < 1.29 is 4.79 Å². The van der Waals surface area contributed by atoms with Gasteiger partial charge in [0.1, 0.15) is 10.3 Å². The van der Waals surface area contributed by atoms with Crippen molar-refractivity contribution in [1.82, 2.24) is 14.8 Å². The molecule has 1 aromatic rings. The van der Waals surface area contributed by atoms with Crippen LogP contribution in [0.25, 0.3) is 0 Å². The SMILES string of the molecule is O=C(C1CCCCC1)N1CCN(Cc2cc(Cl)nc(Cl)c2)CC1. The zero-order chi connectivity index (χ0) is 16.2. The van der Waals surface area contributed by atoms with E-state index >= 15 is 0 Å². The highest BCUT2D eigenvalue weighted by Crippen LogP contribution is 2.26. The molecule has 3 rings (SSSR count). The Labute approximate surface area is 147 Å². The Bertz CT molecular complexity index is 533. The summed E-state index contributed by atoms with van der Waals surface area (Å²) in [5, 5.41) is 0.859. The van der Waals surface area contributed by atoms with E-state index in [9.17, 15) is 4.79 Å². The zero-order valence-electron chi connectivity index (χ0n) is 13.3. The molecule has 0 unspecified atom stereocenters. The molecular weight excluding hydrogens is 333 g/mol. The molecule has 1 saturated heterocycles. The molecule has 1 aromatic heterocycles. The summed E-state index contributed by atoms with van der Waals surface area (Å²) in [6, 6.07) is 3.71. The van der Waals surface area contributed by atoms with E-state index in [1.165, 1.54) is 19.3 Å². The van der Waals surface area contributed by atoms with Crippen molar-refractivity contribution in [2.24, 2.45) is 5.92 Å². The number of hydrogen-bond donors (Lipinski definition) is 0. The van der Waals surface area contributed by atoms with Gasteiger partial charge in [-0.05, 0) is 30.5 Å². The van der Waals surface area contributed by atoms with E-state index in [1.807, 2.05) is 12.1 Å². The Balaban J connectivity index is 1.50. The molecule has 0 aromatic carbocycles. The van der Waals surface area contributed by atoms with Crippen molar-refractivity contribution in [2.45, 2.75) is 38.6 Å². The minimum atomic E-state index is 0.271. The summed E-state index contributed by atoms with van der Waals surface area (Å²) in [4.78, 5) is 20.9. The van der Waals surface area contributed by atoms with Crippen LogP contribution in [-0.2, 0) is 11.3 Å². The molecule has 2 aliphatic rings. The lowest BCUT2D eigenvalue weighted by molar-refractivity contribution is -0.138. The van der Waals surface area contributed by atoms with E-state index in [4.69, 9.17) is 23.2 Å². The number of piperazine rings is 1. The lowest BCUT2D eigenvalue weighted by Gasteiger charge is -2.37. The second kappa shape index (κ2) is 7.82. The molecule has 23 heavy (non-hydrogen) atoms. The molecule has 0 radical (unpaired) electrons. The minimum Gasteiger partial charge on any atom is -0.340 e. The monoisotopic (exact) mass is 355 g/mol. The molecule has 2 fully saturated rings. The maximum Gasteiger partial charge on any atom is 0.225 e. The second-order valence-electron chi connectivity index (χ2n) is 6.56. The van der Waals surface area contributed by atoms with Crippen LogP contribution in [0.4, 0.5) is 0 Å². The molecule has 2 heterocycles. The second-order valence-corrected chi connectivity index (χ2v) is 7.33. The van der Waals surface area contributed by atoms with Gasteiger partial charge in [-0.3, -0.25) is 9.69 Å². The largest absolute Gasteiger partial charge is 0.340 e. The number of aromatic nitrogens is 1. The molecule has 1 amide bonds. The topological polar surface area (TPSA) is 36.4 Å². The fourth-order valence-corrected chi connectivity index (χ4v) is 4.10. The number of carbonyl (C=O) groups excluding carboxylic acids is 1. The van der Waals surface area contributed by atoms with Gasteiger partial charge in [-0.15, -0.1) is 0 Å². The number of hydrogen-bond acceptors (Lipinski definition) is 3. The first-order valence-electron chi connectivity index (χ1n) is 8.45. The predicted octanol–water partition coefficient (Wildman–Crippen LogP) is 3.61. The quantitative estimate of drug-likeness (QED) is 0.777. The van der Waals surface area contributed by atoms with Gasteiger partial charge in [0, 0.05) is 38.6 Å². The van der Waals surface area contributed by atoms with Crippen LogP contribution in [0.15, 0.2) is 12.1 Å². The highest BCUT2D eigenvalue weighted by molar-refractivity contribution is 6.32. The summed E-state index contributed by atoms with van der Waals surface area (Å²) in [5.74, 6) is 0.646. The molecule has 0 bridgehead atoms. The number of carbonyl (C=O) groups is 1. The Morgan fingerprint density at radius 3 is 2.26 bits per heavy atom. The molecule has 4 nitrogen and oxygen atoms in total. The van der Waals surface area contributed by atoms with Crippen LogP contribution in [0.3, 0.4) is 0 Å². The van der Waals surface area contributed by atoms with Crippen LogP contribution < -0.4 is 0 Å². The maximum absolute atomic E-state index is 12.6. The lowest BCUT2D eigenvalue weighted by Crippen LogP contribution is -2.50. The van der Waals surface area contributed by atoms with Crippen LogP contribution >= 0.6 is 23.2 Å². The molecule has 0 atom stereocenters. The number of rotatable bonds is 3. The van der Waals surface area contributed by atoms with E-state index in [0.29, 0.717) is 16.2 Å². The first kappa shape index (κ1) is 17.0. The van der Waals surface area contributed by atoms with Crippen LogP contribution in [0.1, 0.15) is 37.7 Å². The Kier molecular flexibility index (Phi) is 5.78. The van der Waals surface area contributed by atoms with Crippen molar-refractivity contribution in [2.75, 3.05) is 26.2 Å². The van der Waals surface area contributed by atoms with Crippen molar-refractivity contribution >= 4 is 29.1 Å². The van der Waals surface area contributed by atoms with Crippen molar-refractivity contribution in [3.63, 3.8) is 0 Å². The van der Waals surface area contributed by atoms with Gasteiger partial charge in [-0.1, -0.05) is 42.5 Å². The average Bonchev–Trinajstić information content (AvgIpc) is 2.55. The molecular formula is C17H23Cl2N3O. The summed E-state index contributed by atoms with van der Waals surface area (Å²) < 4.78 is 0. The molecule has 6 heteroatoms. The maximum atomic E-state index is 12.6. The number of pyridine rings is 1. The normalized spacial score (nSPS) is 20.7. The van der Waals surface area contributed by atoms with Gasteiger partial charge in [-0.2, -0.15) is 0 Å². The van der Waals surface area contributed by atoms with E-state index in [0.717, 1.165) is 51.1 Å². The molecule has 1 saturated carbocycles. The van der Waals surface area contributed by atoms with Crippen LogP contribution in [0.5, 0.6) is 0 Å². The van der Waals surface area contributed by atoms with Crippen molar-refractivity contribution in [3.8, 4) is 0 Å². The summed E-state index contributed by atoms with van der Waals surface area (Å²) >= 11 is 11.9. The fourth-order valence-electron chi connectivity index (χ4n) is 3.60. The van der Waals surface area contributed by atoms with Gasteiger partial charge in [0.25, 0.3) is 0 Å². The van der Waals surface area contributed by atoms with Gasteiger partial charge < -0.3 is 4.90 Å². The van der Waals surface area contributed by atoms with E-state index in [2.05, 4.69) is 14.8 Å². The van der Waals surface area contributed by atoms with Crippen LogP contribution in [0.2, 0.25) is 10.3 Å². The van der Waals surface area contributed by atoms with E-state index < -0.39 is 0 Å². The Morgan fingerprint density at radius 1 is 1.04 bits per heavy atom. The van der Waals surface area contributed by atoms with Gasteiger partial charge in [0.05, 0.1) is 0 Å². The van der Waals surface area contributed by atoms with Crippen LogP contribution in [-0.4, -0.2) is 46.9 Å². The number of halogens is 2. The molecule has 126 valence electrons. The molecule has 1 aliphatic heterocycles. The standard InChI is InChI=1S/C17H23Cl2N3O/c18-15-10-13(11-16(19)20-15)12-21-6-8-22(9-7-21)17(23)14-4-2-1-3-5-14/h10-11,14H,1-9,12H2. The van der Waals surface area contributed by atoms with Gasteiger partial charge >= 0.3 is 0 Å². The Morgan fingerprint density at radius 2 is 1.65 bits per heavy atom. The zero-order valence-corrected chi connectivity index (χ0v) is 14.8. The third-order valence-corrected chi connectivity index (χ3v) is 5.25. The predicted molar refractivity (Wildman–Crippen MR) is 92.7 cm³/mol. The minimum absolute atomic E-state index is 0.271. The van der Waals surface area contributed by atoms with Gasteiger partial charge in [0.15, 0.2) is 0 Å². The lowest BCUT2D eigenvalue weighted by atomic mass is 9.88. The fraction of sp³-hybridized carbons (Fsp3) is 0.647. The third-order valence-electron chi connectivity index (χ3n) is 4.87. The van der Waals surface area contributed by atoms with Gasteiger partial charge in [-0.25, -0.2) is 4.98 Å². The third kappa shape index (κ3) is 4.59. The molecule has 0 spiro atoms. The summed E-state index contributed by atoms with van der Waals surface area (Å²) in [6.45, 7) is 4.24. The van der Waals surface area contributed by atoms with E-state index in [1.54, 1.807) is 0 Å². The first-order chi connectivity index (χ1) is 11.1. The van der Waals surface area contributed by atoms with Crippen molar-refractivity contribution in [1.29, 1.82) is 0 Å². The number of amides is 1.